The molecule has 4 rings (SSSR count). The Morgan fingerprint density at radius 2 is 1.68 bits per heavy atom. The van der Waals surface area contributed by atoms with Crippen molar-refractivity contribution >= 4 is 22.6 Å². The normalized spacial score (nSPS) is 13.3. The van der Waals surface area contributed by atoms with Crippen molar-refractivity contribution in [1.82, 2.24) is 9.47 Å². The summed E-state index contributed by atoms with van der Waals surface area (Å²) in [6.45, 7) is 0.878. The van der Waals surface area contributed by atoms with E-state index < -0.39 is 11.7 Å². The van der Waals surface area contributed by atoms with Crippen LogP contribution in [0.5, 0.6) is 11.5 Å². The second kappa shape index (κ2) is 7.03. The molecule has 0 saturated heterocycles. The lowest BCUT2D eigenvalue weighted by Crippen LogP contribution is -2.40. The first-order chi connectivity index (χ1) is 13.5. The van der Waals surface area contributed by atoms with Crippen molar-refractivity contribution in [1.29, 1.82) is 0 Å². The molecule has 0 bridgehead atoms. The lowest BCUT2D eigenvalue weighted by Gasteiger charge is -2.29. The Bertz CT molecular complexity index is 1080. The van der Waals surface area contributed by atoms with Crippen LogP contribution in [-0.4, -0.2) is 41.9 Å². The van der Waals surface area contributed by atoms with Gasteiger partial charge in [0, 0.05) is 37.2 Å². The molecule has 1 aromatic heterocycles. The molecule has 0 spiro atoms. The monoisotopic (exact) mass is 378 g/mol. The Hall–Kier alpha value is -3.28. The summed E-state index contributed by atoms with van der Waals surface area (Å²) >= 11 is 0. The van der Waals surface area contributed by atoms with E-state index in [4.69, 9.17) is 9.47 Å². The van der Waals surface area contributed by atoms with Gasteiger partial charge < -0.3 is 18.9 Å². The van der Waals surface area contributed by atoms with Gasteiger partial charge in [-0.15, -0.1) is 0 Å². The number of nitrogens with zero attached hydrogens (tertiary/aromatic N) is 2. The predicted molar refractivity (Wildman–Crippen MR) is 106 cm³/mol. The standard InChI is InChI=1S/C22H22N2O4/c1-23-13-17(16-6-4-5-7-18(16)23)21(25)22(26)24-9-8-14-10-19(27-2)20(28-3)11-15(14)12-24/h4-7,10-11,13H,8-9,12H2,1-3H3. The van der Waals surface area contributed by atoms with Crippen LogP contribution in [-0.2, 0) is 24.8 Å². The first-order valence-corrected chi connectivity index (χ1v) is 9.15. The topological polar surface area (TPSA) is 60.8 Å². The van der Waals surface area contributed by atoms with Crippen LogP contribution in [0.3, 0.4) is 0 Å². The summed E-state index contributed by atoms with van der Waals surface area (Å²) < 4.78 is 12.6. The van der Waals surface area contributed by atoms with Crippen LogP contribution >= 0.6 is 0 Å². The lowest BCUT2D eigenvalue weighted by molar-refractivity contribution is -0.127. The van der Waals surface area contributed by atoms with E-state index in [1.165, 1.54) is 0 Å². The van der Waals surface area contributed by atoms with Crippen molar-refractivity contribution < 1.29 is 19.1 Å². The minimum absolute atomic E-state index is 0.380. The summed E-state index contributed by atoms with van der Waals surface area (Å²) in [6.07, 6.45) is 2.40. The Labute approximate surface area is 163 Å². The molecule has 0 unspecified atom stereocenters. The summed E-state index contributed by atoms with van der Waals surface area (Å²) in [5, 5.41) is 0.798. The van der Waals surface area contributed by atoms with Crippen LogP contribution in [0.4, 0.5) is 0 Å². The number of carbonyl (C=O) groups excluding carboxylic acids is 2. The van der Waals surface area contributed by atoms with Crippen LogP contribution in [0.2, 0.25) is 0 Å². The molecule has 0 N–H and O–H groups in total. The molecule has 28 heavy (non-hydrogen) atoms. The number of amides is 1. The fraction of sp³-hybridized carbons (Fsp3) is 0.273. The van der Waals surface area contributed by atoms with Crippen LogP contribution in [0, 0.1) is 0 Å². The maximum absolute atomic E-state index is 13.0. The minimum atomic E-state index is -0.475. The molecule has 0 radical (unpaired) electrons. The van der Waals surface area contributed by atoms with E-state index in [9.17, 15) is 9.59 Å². The zero-order chi connectivity index (χ0) is 19.8. The third-order valence-electron chi connectivity index (χ3n) is 5.34. The Kier molecular flexibility index (Phi) is 4.55. The van der Waals surface area contributed by atoms with Gasteiger partial charge in [-0.05, 0) is 35.7 Å². The number of ether oxygens (including phenoxy) is 2. The molecule has 2 heterocycles. The Morgan fingerprint density at radius 3 is 2.39 bits per heavy atom. The average molecular weight is 378 g/mol. The van der Waals surface area contributed by atoms with Crippen molar-refractivity contribution in [3.63, 3.8) is 0 Å². The number of aromatic nitrogens is 1. The summed E-state index contributed by atoms with van der Waals surface area (Å²) in [7, 11) is 5.06. The predicted octanol–water partition coefficient (Wildman–Crippen LogP) is 2.96. The molecular formula is C22H22N2O4. The van der Waals surface area contributed by atoms with E-state index in [2.05, 4.69) is 0 Å². The zero-order valence-corrected chi connectivity index (χ0v) is 16.2. The highest BCUT2D eigenvalue weighted by atomic mass is 16.5. The minimum Gasteiger partial charge on any atom is -0.493 e. The van der Waals surface area contributed by atoms with Crippen molar-refractivity contribution in [2.45, 2.75) is 13.0 Å². The number of ketones is 1. The van der Waals surface area contributed by atoms with E-state index >= 15 is 0 Å². The summed E-state index contributed by atoms with van der Waals surface area (Å²) in [5.74, 6) is 0.348. The molecule has 0 fully saturated rings. The molecule has 0 saturated carbocycles. The van der Waals surface area contributed by atoms with Gasteiger partial charge >= 0.3 is 0 Å². The molecule has 6 heteroatoms. The molecule has 0 atom stereocenters. The SMILES string of the molecule is COc1cc2c(cc1OC)CN(C(=O)C(=O)c1cn(C)c3ccccc13)CC2. The first kappa shape index (κ1) is 18.1. The third-order valence-corrected chi connectivity index (χ3v) is 5.34. The van der Waals surface area contributed by atoms with E-state index in [1.54, 1.807) is 25.3 Å². The lowest BCUT2D eigenvalue weighted by atomic mass is 9.98. The molecular weight excluding hydrogens is 356 g/mol. The van der Waals surface area contributed by atoms with E-state index in [-0.39, 0.29) is 0 Å². The van der Waals surface area contributed by atoms with Crippen molar-refractivity contribution in [2.75, 3.05) is 20.8 Å². The summed E-state index contributed by atoms with van der Waals surface area (Å²) in [5.41, 5.74) is 3.46. The van der Waals surface area contributed by atoms with E-state index in [0.29, 0.717) is 36.6 Å². The molecule has 2 aromatic carbocycles. The molecule has 6 nitrogen and oxygen atoms in total. The number of para-hydroxylation sites is 1. The number of hydrogen-bond donors (Lipinski definition) is 0. The van der Waals surface area contributed by atoms with Gasteiger partial charge in [-0.25, -0.2) is 0 Å². The van der Waals surface area contributed by atoms with Crippen LogP contribution < -0.4 is 9.47 Å². The maximum atomic E-state index is 13.0. The van der Waals surface area contributed by atoms with Gasteiger partial charge in [0.05, 0.1) is 19.8 Å². The number of aryl methyl sites for hydroxylation is 1. The van der Waals surface area contributed by atoms with Gasteiger partial charge in [0.25, 0.3) is 11.7 Å². The molecule has 1 aliphatic heterocycles. The molecule has 1 aliphatic rings. The smallest absolute Gasteiger partial charge is 0.295 e. The Balaban J connectivity index is 1.62. The van der Waals surface area contributed by atoms with Gasteiger partial charge in [0.15, 0.2) is 11.5 Å². The number of benzene rings is 2. The van der Waals surface area contributed by atoms with Crippen LogP contribution in [0.25, 0.3) is 10.9 Å². The third kappa shape index (κ3) is 2.91. The molecule has 1 amide bonds. The largest absolute Gasteiger partial charge is 0.493 e. The van der Waals surface area contributed by atoms with Crippen molar-refractivity contribution in [3.8, 4) is 11.5 Å². The van der Waals surface area contributed by atoms with Gasteiger partial charge in [-0.2, -0.15) is 0 Å². The zero-order valence-electron chi connectivity index (χ0n) is 16.2. The van der Waals surface area contributed by atoms with Crippen molar-refractivity contribution in [2.24, 2.45) is 7.05 Å². The highest BCUT2D eigenvalue weighted by molar-refractivity contribution is 6.44. The van der Waals surface area contributed by atoms with Gasteiger partial charge in [0.1, 0.15) is 0 Å². The summed E-state index contributed by atoms with van der Waals surface area (Å²) in [6, 6.07) is 11.4. The fourth-order valence-corrected chi connectivity index (χ4v) is 3.84. The number of hydrogen-bond acceptors (Lipinski definition) is 4. The quantitative estimate of drug-likeness (QED) is 0.517. The second-order valence-corrected chi connectivity index (χ2v) is 6.95. The maximum Gasteiger partial charge on any atom is 0.295 e. The molecule has 3 aromatic rings. The van der Waals surface area contributed by atoms with Gasteiger partial charge in [-0.3, -0.25) is 9.59 Å². The van der Waals surface area contributed by atoms with Crippen LogP contribution in [0.15, 0.2) is 42.6 Å². The number of rotatable bonds is 4. The fourth-order valence-electron chi connectivity index (χ4n) is 3.84. The van der Waals surface area contributed by atoms with Crippen molar-refractivity contribution in [3.05, 3.63) is 59.3 Å². The van der Waals surface area contributed by atoms with E-state index in [1.807, 2.05) is 48.0 Å². The Morgan fingerprint density at radius 1 is 1.00 bits per heavy atom. The highest BCUT2D eigenvalue weighted by Crippen LogP contribution is 2.33. The summed E-state index contributed by atoms with van der Waals surface area (Å²) in [4.78, 5) is 27.5. The first-order valence-electron chi connectivity index (χ1n) is 9.15. The average Bonchev–Trinajstić information content (AvgIpc) is 3.08. The number of Topliss-reactive ketones (excluding diaryl/α,β-unsaturated/α-hetero) is 1. The van der Waals surface area contributed by atoms with E-state index in [0.717, 1.165) is 22.0 Å². The van der Waals surface area contributed by atoms with Gasteiger partial charge in [0.2, 0.25) is 0 Å². The van der Waals surface area contributed by atoms with Crippen LogP contribution in [0.1, 0.15) is 21.5 Å². The highest BCUT2D eigenvalue weighted by Gasteiger charge is 2.29. The molecule has 144 valence electrons. The molecule has 0 aliphatic carbocycles. The van der Waals surface area contributed by atoms with Gasteiger partial charge in [-0.1, -0.05) is 18.2 Å². The second-order valence-electron chi connectivity index (χ2n) is 6.95. The number of methoxy groups -OCH3 is 2. The number of fused-ring (bicyclic) bond motifs is 2. The number of carbonyl (C=O) groups is 2.